The lowest BCUT2D eigenvalue weighted by Crippen LogP contribution is -2.21. The van der Waals surface area contributed by atoms with E-state index in [0.717, 1.165) is 5.56 Å². The molecule has 0 radical (unpaired) electrons. The monoisotopic (exact) mass is 402 g/mol. The number of hydrogen-bond acceptors (Lipinski definition) is 5. The van der Waals surface area contributed by atoms with E-state index in [4.69, 9.17) is 10.00 Å². The first-order chi connectivity index (χ1) is 14.4. The highest BCUT2D eigenvalue weighted by atomic mass is 16.5. The topological polar surface area (TPSA) is 97.0 Å². The van der Waals surface area contributed by atoms with Crippen LogP contribution in [0.4, 0.5) is 5.69 Å². The maximum absolute atomic E-state index is 12.6. The molecule has 3 rings (SSSR count). The fraction of sp³-hybridized carbons (Fsp3) is 0.217. The summed E-state index contributed by atoms with van der Waals surface area (Å²) in [4.78, 5) is 24.7. The molecule has 0 aliphatic heterocycles. The Bertz CT molecular complexity index is 1120. The van der Waals surface area contributed by atoms with Gasteiger partial charge in [-0.25, -0.2) is 4.79 Å². The number of benzene rings is 2. The molecular weight excluding hydrogens is 380 g/mol. The zero-order valence-corrected chi connectivity index (χ0v) is 17.1. The number of rotatable bonds is 6. The molecule has 1 heterocycles. The number of aryl methyl sites for hydroxylation is 2. The fourth-order valence-corrected chi connectivity index (χ4v) is 3.08. The fourth-order valence-electron chi connectivity index (χ4n) is 3.08. The second-order valence-corrected chi connectivity index (χ2v) is 7.01. The van der Waals surface area contributed by atoms with Crippen LogP contribution in [0.1, 0.15) is 38.4 Å². The van der Waals surface area contributed by atoms with Gasteiger partial charge in [-0.15, -0.1) is 0 Å². The van der Waals surface area contributed by atoms with Crippen LogP contribution in [-0.4, -0.2) is 28.3 Å². The van der Waals surface area contributed by atoms with E-state index in [9.17, 15) is 9.59 Å². The van der Waals surface area contributed by atoms with E-state index < -0.39 is 18.5 Å². The van der Waals surface area contributed by atoms with Crippen molar-refractivity contribution in [3.05, 3.63) is 82.2 Å². The van der Waals surface area contributed by atoms with Gasteiger partial charge in [0.25, 0.3) is 5.91 Å². The van der Waals surface area contributed by atoms with Crippen molar-refractivity contribution in [3.8, 4) is 6.07 Å². The predicted molar refractivity (Wildman–Crippen MR) is 112 cm³/mol. The van der Waals surface area contributed by atoms with Crippen molar-refractivity contribution in [2.24, 2.45) is 0 Å². The van der Waals surface area contributed by atoms with E-state index in [0.29, 0.717) is 34.7 Å². The molecule has 2 aromatic carbocycles. The van der Waals surface area contributed by atoms with E-state index in [2.05, 4.69) is 10.4 Å². The minimum atomic E-state index is -0.596. The van der Waals surface area contributed by atoms with Crippen LogP contribution in [0.15, 0.2) is 48.5 Å². The lowest BCUT2D eigenvalue weighted by Gasteiger charge is -2.08. The molecule has 1 aromatic heterocycles. The highest BCUT2D eigenvalue weighted by Crippen LogP contribution is 2.17. The molecule has 0 saturated heterocycles. The molecule has 7 heteroatoms. The maximum atomic E-state index is 12.6. The summed E-state index contributed by atoms with van der Waals surface area (Å²) in [6.07, 6.45) is 0. The molecule has 30 heavy (non-hydrogen) atoms. The molecule has 7 nitrogen and oxygen atoms in total. The summed E-state index contributed by atoms with van der Waals surface area (Å²) >= 11 is 0. The second-order valence-electron chi connectivity index (χ2n) is 7.01. The van der Waals surface area contributed by atoms with Crippen molar-refractivity contribution < 1.29 is 14.3 Å². The first kappa shape index (κ1) is 20.8. The summed E-state index contributed by atoms with van der Waals surface area (Å²) in [5, 5.41) is 16.0. The van der Waals surface area contributed by atoms with Crippen molar-refractivity contribution in [2.75, 3.05) is 11.9 Å². The third kappa shape index (κ3) is 4.92. The third-order valence-electron chi connectivity index (χ3n) is 4.65. The SMILES string of the molecule is Cc1ccc(Cn2nc(C)c(C(=O)OCC(=O)Nc3cccc(C#N)c3)c2C)cc1. The molecule has 0 aliphatic carbocycles. The zero-order valence-electron chi connectivity index (χ0n) is 17.1. The molecule has 0 bridgehead atoms. The molecule has 1 N–H and O–H groups in total. The normalized spacial score (nSPS) is 10.3. The summed E-state index contributed by atoms with van der Waals surface area (Å²) in [6.45, 7) is 5.67. The predicted octanol–water partition coefficient (Wildman–Crippen LogP) is 3.52. The number of amides is 1. The number of esters is 1. The molecule has 1 amide bonds. The van der Waals surface area contributed by atoms with Crippen LogP contribution in [0.5, 0.6) is 0 Å². The first-order valence-electron chi connectivity index (χ1n) is 9.44. The van der Waals surface area contributed by atoms with Crippen molar-refractivity contribution in [2.45, 2.75) is 27.3 Å². The Kier molecular flexibility index (Phi) is 6.28. The van der Waals surface area contributed by atoms with Crippen molar-refractivity contribution >= 4 is 17.6 Å². The van der Waals surface area contributed by atoms with E-state index in [1.165, 1.54) is 5.56 Å². The highest BCUT2D eigenvalue weighted by molar-refractivity contribution is 5.96. The van der Waals surface area contributed by atoms with Gasteiger partial charge in [-0.2, -0.15) is 10.4 Å². The number of aromatic nitrogens is 2. The van der Waals surface area contributed by atoms with E-state index in [1.807, 2.05) is 37.3 Å². The number of nitrogens with one attached hydrogen (secondary N) is 1. The van der Waals surface area contributed by atoms with E-state index in [-0.39, 0.29) is 0 Å². The van der Waals surface area contributed by atoms with Crippen molar-refractivity contribution in [3.63, 3.8) is 0 Å². The second kappa shape index (κ2) is 9.05. The van der Waals surface area contributed by atoms with E-state index in [1.54, 1.807) is 42.8 Å². The largest absolute Gasteiger partial charge is 0.452 e. The molecule has 0 fully saturated rings. The van der Waals surface area contributed by atoms with Crippen LogP contribution in [0.2, 0.25) is 0 Å². The van der Waals surface area contributed by atoms with Gasteiger partial charge >= 0.3 is 5.97 Å². The maximum Gasteiger partial charge on any atom is 0.342 e. The minimum absolute atomic E-state index is 0.362. The van der Waals surface area contributed by atoms with Gasteiger partial charge in [0.1, 0.15) is 5.56 Å². The van der Waals surface area contributed by atoms with Gasteiger partial charge in [-0.1, -0.05) is 35.9 Å². The minimum Gasteiger partial charge on any atom is -0.452 e. The summed E-state index contributed by atoms with van der Waals surface area (Å²) in [6, 6.07) is 16.6. The van der Waals surface area contributed by atoms with Crippen LogP contribution in [0.25, 0.3) is 0 Å². The van der Waals surface area contributed by atoms with Gasteiger partial charge in [-0.05, 0) is 44.5 Å². The number of carbonyl (C=O) groups excluding carboxylic acids is 2. The van der Waals surface area contributed by atoms with Gasteiger partial charge < -0.3 is 10.1 Å². The van der Waals surface area contributed by atoms with Crippen LogP contribution >= 0.6 is 0 Å². The van der Waals surface area contributed by atoms with Gasteiger partial charge in [0.15, 0.2) is 6.61 Å². The number of ether oxygens (including phenoxy) is 1. The van der Waals surface area contributed by atoms with Gasteiger partial charge in [-0.3, -0.25) is 9.48 Å². The van der Waals surface area contributed by atoms with Crippen LogP contribution < -0.4 is 5.32 Å². The molecule has 3 aromatic rings. The molecule has 152 valence electrons. The average Bonchev–Trinajstić information content (AvgIpc) is 3.01. The Morgan fingerprint density at radius 2 is 1.87 bits per heavy atom. The van der Waals surface area contributed by atoms with E-state index >= 15 is 0 Å². The molecule has 0 saturated carbocycles. The number of nitrogens with zero attached hydrogens (tertiary/aromatic N) is 3. The van der Waals surface area contributed by atoms with Crippen molar-refractivity contribution in [1.29, 1.82) is 5.26 Å². The van der Waals surface area contributed by atoms with Crippen LogP contribution in [0.3, 0.4) is 0 Å². The smallest absolute Gasteiger partial charge is 0.342 e. The molecule has 0 unspecified atom stereocenters. The number of anilines is 1. The Hall–Kier alpha value is -3.92. The van der Waals surface area contributed by atoms with Gasteiger partial charge in [0.05, 0.1) is 29.6 Å². The summed E-state index contributed by atoms with van der Waals surface area (Å²) in [5.41, 5.74) is 4.73. The molecular formula is C23H22N4O3. The lowest BCUT2D eigenvalue weighted by atomic mass is 10.1. The number of hydrogen-bond donors (Lipinski definition) is 1. The van der Waals surface area contributed by atoms with Gasteiger partial charge in [0.2, 0.25) is 0 Å². The molecule has 0 spiro atoms. The summed E-state index contributed by atoms with van der Waals surface area (Å²) in [5.74, 6) is -1.08. The third-order valence-corrected chi connectivity index (χ3v) is 4.65. The van der Waals surface area contributed by atoms with Crippen molar-refractivity contribution in [1.82, 2.24) is 9.78 Å². The molecule has 0 atom stereocenters. The zero-order chi connectivity index (χ0) is 21.7. The number of nitriles is 1. The average molecular weight is 402 g/mol. The molecule has 0 aliphatic rings. The Labute approximate surface area is 174 Å². The highest BCUT2D eigenvalue weighted by Gasteiger charge is 2.21. The summed E-state index contributed by atoms with van der Waals surface area (Å²) in [7, 11) is 0. The van der Waals surface area contributed by atoms with Crippen LogP contribution in [0, 0.1) is 32.1 Å². The standard InChI is InChI=1S/C23H22N4O3/c1-15-7-9-18(10-8-15)13-27-17(3)22(16(2)26-27)23(29)30-14-21(28)25-20-6-4-5-19(11-20)12-24/h4-11H,13-14H2,1-3H3,(H,25,28). The quantitative estimate of drug-likeness (QED) is 0.636. The Morgan fingerprint density at radius 3 is 2.57 bits per heavy atom. The Morgan fingerprint density at radius 1 is 1.13 bits per heavy atom. The summed E-state index contributed by atoms with van der Waals surface area (Å²) < 4.78 is 6.94. The lowest BCUT2D eigenvalue weighted by molar-refractivity contribution is -0.119. The first-order valence-corrected chi connectivity index (χ1v) is 9.44. The van der Waals surface area contributed by atoms with Gasteiger partial charge in [0, 0.05) is 5.69 Å². The number of carbonyl (C=O) groups is 2. The van der Waals surface area contributed by atoms with Crippen LogP contribution in [-0.2, 0) is 16.1 Å². The Balaban J connectivity index is 1.63.